The zero-order valence-electron chi connectivity index (χ0n) is 18.7. The van der Waals surface area contributed by atoms with Crippen LogP contribution in [0.1, 0.15) is 47.3 Å². The summed E-state index contributed by atoms with van der Waals surface area (Å²) in [6.45, 7) is 4.32. The molecule has 0 spiro atoms. The van der Waals surface area contributed by atoms with Crippen LogP contribution in [-0.4, -0.2) is 11.0 Å². The highest BCUT2D eigenvalue weighted by atomic mass is 32.2. The largest absolute Gasteiger partial charge is 0.377 e. The van der Waals surface area contributed by atoms with Crippen LogP contribution in [0.3, 0.4) is 0 Å². The van der Waals surface area contributed by atoms with Crippen molar-refractivity contribution in [3.05, 3.63) is 114 Å². The Bertz CT molecular complexity index is 1270. The van der Waals surface area contributed by atoms with Crippen molar-refractivity contribution in [2.24, 2.45) is 0 Å². The molecular formula is C29H26N2OS. The maximum Gasteiger partial charge on any atom is 0.179 e. The van der Waals surface area contributed by atoms with Crippen LogP contribution in [0, 0.1) is 10.7 Å². The molecule has 4 aromatic rings. The molecule has 0 bridgehead atoms. The van der Waals surface area contributed by atoms with E-state index in [1.54, 1.807) is 0 Å². The predicted octanol–water partition coefficient (Wildman–Crippen LogP) is 7.58. The summed E-state index contributed by atoms with van der Waals surface area (Å²) in [7, 11) is 0. The van der Waals surface area contributed by atoms with Gasteiger partial charge in [-0.05, 0) is 51.7 Å². The molecule has 0 unspecified atom stereocenters. The molecule has 2 atom stereocenters. The van der Waals surface area contributed by atoms with E-state index in [9.17, 15) is 10.1 Å². The first kappa shape index (κ1) is 22.6. The van der Waals surface area contributed by atoms with Crippen molar-refractivity contribution < 1.29 is 4.79 Å². The fourth-order valence-corrected chi connectivity index (χ4v) is 4.77. The summed E-state index contributed by atoms with van der Waals surface area (Å²) in [5.74, 6) is 0.362. The van der Waals surface area contributed by atoms with Crippen molar-refractivity contribution in [3.8, 4) is 5.40 Å². The molecule has 33 heavy (non-hydrogen) atoms. The molecule has 0 radical (unpaired) electrons. The van der Waals surface area contributed by atoms with Gasteiger partial charge in [-0.2, -0.15) is 5.26 Å². The molecule has 0 saturated heterocycles. The Hall–Kier alpha value is -3.55. The maximum atomic E-state index is 13.9. The number of hydrogen-bond acceptors (Lipinski definition) is 4. The molecule has 4 rings (SSSR count). The summed E-state index contributed by atoms with van der Waals surface area (Å²) in [5, 5.41) is 16.7. The number of benzene rings is 4. The highest BCUT2D eigenvalue weighted by Crippen LogP contribution is 2.34. The van der Waals surface area contributed by atoms with Crippen molar-refractivity contribution in [3.63, 3.8) is 0 Å². The van der Waals surface area contributed by atoms with Crippen LogP contribution in [-0.2, 0) is 0 Å². The van der Waals surface area contributed by atoms with Gasteiger partial charge in [-0.15, -0.1) is 0 Å². The fourth-order valence-electron chi connectivity index (χ4n) is 4.06. The van der Waals surface area contributed by atoms with Gasteiger partial charge >= 0.3 is 0 Å². The van der Waals surface area contributed by atoms with Crippen molar-refractivity contribution in [2.75, 3.05) is 5.32 Å². The minimum atomic E-state index is -0.620. The average Bonchev–Trinajstić information content (AvgIpc) is 2.86. The molecule has 0 amide bonds. The lowest BCUT2D eigenvalue weighted by Crippen LogP contribution is -2.30. The first-order chi connectivity index (χ1) is 16.1. The van der Waals surface area contributed by atoms with Crippen LogP contribution >= 0.6 is 11.8 Å². The number of nitrogens with one attached hydrogen (secondary N) is 1. The molecule has 0 fully saturated rings. The van der Waals surface area contributed by atoms with E-state index in [4.69, 9.17) is 0 Å². The molecule has 0 aromatic heterocycles. The van der Waals surface area contributed by atoms with Gasteiger partial charge in [0.05, 0.1) is 6.04 Å². The van der Waals surface area contributed by atoms with E-state index in [0.29, 0.717) is 11.5 Å². The Morgan fingerprint density at radius 3 is 2.15 bits per heavy atom. The van der Waals surface area contributed by atoms with Gasteiger partial charge in [-0.25, -0.2) is 0 Å². The third kappa shape index (κ3) is 5.10. The lowest BCUT2D eigenvalue weighted by Gasteiger charge is -2.27. The average molecular weight is 451 g/mol. The highest BCUT2D eigenvalue weighted by molar-refractivity contribution is 8.05. The summed E-state index contributed by atoms with van der Waals surface area (Å²) >= 11 is 1.01. The van der Waals surface area contributed by atoms with Crippen molar-refractivity contribution in [1.29, 1.82) is 5.26 Å². The Balaban J connectivity index is 1.79. The second-order valence-electron chi connectivity index (χ2n) is 8.33. The molecule has 4 aromatic carbocycles. The van der Waals surface area contributed by atoms with Crippen LogP contribution in [0.15, 0.2) is 97.1 Å². The third-order valence-corrected chi connectivity index (χ3v) is 6.70. The Labute approximate surface area is 199 Å². The van der Waals surface area contributed by atoms with Gasteiger partial charge in [-0.1, -0.05) is 98.8 Å². The minimum absolute atomic E-state index is 0.0558. The maximum absolute atomic E-state index is 13.9. The summed E-state index contributed by atoms with van der Waals surface area (Å²) < 4.78 is 0. The molecule has 1 N–H and O–H groups in total. The molecule has 0 aliphatic carbocycles. The number of nitriles is 1. The SMILES string of the molecule is CC(C)c1ccc([C@H](Nc2ccccc2)[C@H](SC#N)C(=O)c2cccc3ccccc23)cc1. The fraction of sp³-hybridized carbons (Fsp3) is 0.172. The van der Waals surface area contributed by atoms with Gasteiger partial charge in [0.15, 0.2) is 5.78 Å². The summed E-state index contributed by atoms with van der Waals surface area (Å²) in [6.07, 6.45) is 0. The number of nitrogens with zero attached hydrogens (tertiary/aromatic N) is 1. The van der Waals surface area contributed by atoms with Gasteiger partial charge in [0, 0.05) is 11.3 Å². The summed E-state index contributed by atoms with van der Waals surface area (Å²) in [6, 6.07) is 31.4. The number of carbonyl (C=O) groups excluding carboxylic acids is 1. The first-order valence-electron chi connectivity index (χ1n) is 11.1. The summed E-state index contributed by atoms with van der Waals surface area (Å²) in [5.41, 5.74) is 3.76. The van der Waals surface area contributed by atoms with E-state index in [1.807, 2.05) is 72.8 Å². The third-order valence-electron chi connectivity index (χ3n) is 5.85. The van der Waals surface area contributed by atoms with Gasteiger partial charge in [0.2, 0.25) is 0 Å². The van der Waals surface area contributed by atoms with E-state index >= 15 is 0 Å². The zero-order chi connectivity index (χ0) is 23.2. The highest BCUT2D eigenvalue weighted by Gasteiger charge is 2.32. The van der Waals surface area contributed by atoms with Gasteiger partial charge in [0.25, 0.3) is 0 Å². The standard InChI is InChI=1S/C29H26N2OS/c1-20(2)21-15-17-23(18-16-21)27(31-24-11-4-3-5-12-24)29(33-19-30)28(32)26-14-8-10-22-9-6-7-13-25(22)26/h3-18,20,27,29,31H,1-2H3/t27-,29-/m0/s1. The van der Waals surface area contributed by atoms with E-state index in [-0.39, 0.29) is 11.8 Å². The number of thiocyanates is 1. The number of carbonyl (C=O) groups is 1. The molecule has 0 aliphatic rings. The van der Waals surface area contributed by atoms with Crippen LogP contribution in [0.4, 0.5) is 5.69 Å². The molecule has 0 aliphatic heterocycles. The van der Waals surface area contributed by atoms with Gasteiger partial charge < -0.3 is 5.32 Å². The van der Waals surface area contributed by atoms with Crippen LogP contribution in [0.2, 0.25) is 0 Å². The van der Waals surface area contributed by atoms with Crippen LogP contribution in [0.5, 0.6) is 0 Å². The number of Topliss-reactive ketones (excluding diaryl/α,β-unsaturated/α-hetero) is 1. The molecule has 0 heterocycles. The van der Waals surface area contributed by atoms with Crippen LogP contribution < -0.4 is 5.32 Å². The van der Waals surface area contributed by atoms with E-state index in [0.717, 1.165) is 33.8 Å². The molecule has 0 saturated carbocycles. The lowest BCUT2D eigenvalue weighted by atomic mass is 9.92. The molecule has 4 heteroatoms. The lowest BCUT2D eigenvalue weighted by molar-refractivity contribution is 0.0985. The Kier molecular flexibility index (Phi) is 7.12. The van der Waals surface area contributed by atoms with E-state index < -0.39 is 5.25 Å². The van der Waals surface area contributed by atoms with E-state index in [1.165, 1.54) is 5.56 Å². The van der Waals surface area contributed by atoms with Crippen molar-refractivity contribution >= 4 is 34.0 Å². The van der Waals surface area contributed by atoms with E-state index in [2.05, 4.69) is 48.8 Å². The topological polar surface area (TPSA) is 52.9 Å². The Morgan fingerprint density at radius 1 is 0.818 bits per heavy atom. The smallest absolute Gasteiger partial charge is 0.179 e. The number of para-hydroxylation sites is 1. The number of thioether (sulfide) groups is 1. The van der Waals surface area contributed by atoms with Gasteiger partial charge in [0.1, 0.15) is 10.7 Å². The first-order valence-corrected chi connectivity index (χ1v) is 11.9. The molecular weight excluding hydrogens is 424 g/mol. The quantitative estimate of drug-likeness (QED) is 0.222. The number of anilines is 1. The van der Waals surface area contributed by atoms with Crippen molar-refractivity contribution in [2.45, 2.75) is 31.1 Å². The van der Waals surface area contributed by atoms with Crippen molar-refractivity contribution in [1.82, 2.24) is 0 Å². The number of hydrogen-bond donors (Lipinski definition) is 1. The second kappa shape index (κ2) is 10.4. The zero-order valence-corrected chi connectivity index (χ0v) is 19.5. The van der Waals surface area contributed by atoms with Crippen LogP contribution in [0.25, 0.3) is 10.8 Å². The monoisotopic (exact) mass is 450 g/mol. The summed E-state index contributed by atoms with van der Waals surface area (Å²) in [4.78, 5) is 13.9. The minimum Gasteiger partial charge on any atom is -0.377 e. The van der Waals surface area contributed by atoms with Gasteiger partial charge in [-0.3, -0.25) is 4.79 Å². The number of ketones is 1. The Morgan fingerprint density at radius 2 is 1.45 bits per heavy atom. The molecule has 164 valence electrons. The predicted molar refractivity (Wildman–Crippen MR) is 139 cm³/mol. The number of rotatable bonds is 8. The second-order valence-corrected chi connectivity index (χ2v) is 9.26. The number of fused-ring (bicyclic) bond motifs is 1. The molecule has 3 nitrogen and oxygen atoms in total. The normalized spacial score (nSPS) is 12.8.